The van der Waals surface area contributed by atoms with Crippen molar-refractivity contribution >= 4 is 27.7 Å². The van der Waals surface area contributed by atoms with Gasteiger partial charge in [-0.25, -0.2) is 4.68 Å². The van der Waals surface area contributed by atoms with E-state index in [1.54, 1.807) is 47.5 Å². The average molecular weight is 493 g/mol. The molecule has 0 aliphatic carbocycles. The Morgan fingerprint density at radius 1 is 1.00 bits per heavy atom. The van der Waals surface area contributed by atoms with Crippen LogP contribution >= 0.6 is 15.9 Å². The number of carbonyl (C=O) groups is 2. The van der Waals surface area contributed by atoms with Gasteiger partial charge in [0.25, 0.3) is 11.8 Å². The topological polar surface area (TPSA) is 89.2 Å². The summed E-state index contributed by atoms with van der Waals surface area (Å²) in [4.78, 5) is 25.1. The van der Waals surface area contributed by atoms with Crippen LogP contribution in [0.25, 0.3) is 5.69 Å². The SMILES string of the molecule is Cc1c(C(=O)NCc2cccc(C(=O)NCc3ccco3)c2)cnn1-c1ccc(Br)cc1. The molecule has 2 amide bonds. The number of nitrogens with one attached hydrogen (secondary N) is 2. The first-order chi connectivity index (χ1) is 15.5. The molecule has 0 fully saturated rings. The highest BCUT2D eigenvalue weighted by molar-refractivity contribution is 9.10. The summed E-state index contributed by atoms with van der Waals surface area (Å²) in [5.41, 5.74) is 3.46. The molecule has 0 aliphatic heterocycles. The lowest BCUT2D eigenvalue weighted by Crippen LogP contribution is -2.24. The van der Waals surface area contributed by atoms with E-state index < -0.39 is 0 Å². The summed E-state index contributed by atoms with van der Waals surface area (Å²) in [6.45, 7) is 2.46. The normalized spacial score (nSPS) is 10.7. The molecular weight excluding hydrogens is 472 g/mol. The van der Waals surface area contributed by atoms with Crippen molar-refractivity contribution in [3.8, 4) is 5.69 Å². The molecule has 4 aromatic rings. The largest absolute Gasteiger partial charge is 0.467 e. The lowest BCUT2D eigenvalue weighted by atomic mass is 10.1. The third-order valence-corrected chi connectivity index (χ3v) is 5.50. The van der Waals surface area contributed by atoms with Gasteiger partial charge in [0.2, 0.25) is 0 Å². The zero-order valence-corrected chi connectivity index (χ0v) is 18.9. The van der Waals surface area contributed by atoms with Gasteiger partial charge in [-0.15, -0.1) is 0 Å². The number of benzene rings is 2. The van der Waals surface area contributed by atoms with Crippen LogP contribution in [0.15, 0.2) is 82.0 Å². The minimum atomic E-state index is -0.224. The summed E-state index contributed by atoms with van der Waals surface area (Å²) < 4.78 is 7.92. The predicted molar refractivity (Wildman–Crippen MR) is 123 cm³/mol. The maximum Gasteiger partial charge on any atom is 0.255 e. The molecule has 0 radical (unpaired) electrons. The number of hydrogen-bond donors (Lipinski definition) is 2. The first-order valence-corrected chi connectivity index (χ1v) is 10.8. The molecule has 0 aliphatic rings. The van der Waals surface area contributed by atoms with Gasteiger partial charge in [-0.05, 0) is 61.0 Å². The molecule has 2 aromatic heterocycles. The molecule has 0 atom stereocenters. The molecule has 0 spiro atoms. The number of nitrogens with zero attached hydrogens (tertiary/aromatic N) is 2. The predicted octanol–water partition coefficient (Wildman–Crippen LogP) is 4.40. The van der Waals surface area contributed by atoms with Crippen LogP contribution < -0.4 is 10.6 Å². The van der Waals surface area contributed by atoms with Crippen molar-refractivity contribution in [3.05, 3.63) is 106 Å². The van der Waals surface area contributed by atoms with Crippen molar-refractivity contribution in [1.82, 2.24) is 20.4 Å². The second-order valence-electron chi connectivity index (χ2n) is 7.18. The summed E-state index contributed by atoms with van der Waals surface area (Å²) in [6, 6.07) is 18.4. The fourth-order valence-electron chi connectivity index (χ4n) is 3.26. The van der Waals surface area contributed by atoms with E-state index in [4.69, 9.17) is 4.42 Å². The Hall–Kier alpha value is -3.65. The van der Waals surface area contributed by atoms with E-state index in [1.165, 1.54) is 0 Å². The summed E-state index contributed by atoms with van der Waals surface area (Å²) in [5.74, 6) is 0.251. The molecule has 2 aromatic carbocycles. The Kier molecular flexibility index (Phi) is 6.51. The van der Waals surface area contributed by atoms with Crippen molar-refractivity contribution in [2.45, 2.75) is 20.0 Å². The highest BCUT2D eigenvalue weighted by Gasteiger charge is 2.15. The third kappa shape index (κ3) is 4.97. The maximum absolute atomic E-state index is 12.7. The van der Waals surface area contributed by atoms with Crippen LogP contribution in [-0.2, 0) is 13.1 Å². The second-order valence-corrected chi connectivity index (χ2v) is 8.09. The number of hydrogen-bond acceptors (Lipinski definition) is 4. The van der Waals surface area contributed by atoms with E-state index in [1.807, 2.05) is 37.3 Å². The van der Waals surface area contributed by atoms with Gasteiger partial charge in [0.05, 0.1) is 35.9 Å². The Labute approximate surface area is 193 Å². The number of halogens is 1. The van der Waals surface area contributed by atoms with Crippen molar-refractivity contribution in [3.63, 3.8) is 0 Å². The van der Waals surface area contributed by atoms with Crippen LogP contribution in [0.5, 0.6) is 0 Å². The summed E-state index contributed by atoms with van der Waals surface area (Å²) in [5, 5.41) is 10.1. The second kappa shape index (κ2) is 9.65. The summed E-state index contributed by atoms with van der Waals surface area (Å²) >= 11 is 3.42. The minimum Gasteiger partial charge on any atom is -0.467 e. The van der Waals surface area contributed by atoms with E-state index in [-0.39, 0.29) is 11.8 Å². The van der Waals surface area contributed by atoms with Crippen LogP contribution in [0.1, 0.15) is 37.7 Å². The number of furan rings is 1. The van der Waals surface area contributed by atoms with Crippen LogP contribution in [-0.4, -0.2) is 21.6 Å². The quantitative estimate of drug-likeness (QED) is 0.400. The molecule has 8 heteroatoms. The van der Waals surface area contributed by atoms with Crippen molar-refractivity contribution in [2.75, 3.05) is 0 Å². The monoisotopic (exact) mass is 492 g/mol. The van der Waals surface area contributed by atoms with Gasteiger partial charge < -0.3 is 15.1 Å². The summed E-state index contributed by atoms with van der Waals surface area (Å²) in [7, 11) is 0. The molecule has 4 rings (SSSR count). The molecule has 2 heterocycles. The number of rotatable bonds is 7. The van der Waals surface area contributed by atoms with Gasteiger partial charge in [-0.2, -0.15) is 5.10 Å². The van der Waals surface area contributed by atoms with Crippen molar-refractivity contribution in [2.24, 2.45) is 0 Å². The molecule has 2 N–H and O–H groups in total. The van der Waals surface area contributed by atoms with Crippen LogP contribution in [0, 0.1) is 6.92 Å². The molecule has 0 unspecified atom stereocenters. The van der Waals surface area contributed by atoms with E-state index in [2.05, 4.69) is 31.7 Å². The van der Waals surface area contributed by atoms with Gasteiger partial charge >= 0.3 is 0 Å². The van der Waals surface area contributed by atoms with Gasteiger partial charge in [-0.1, -0.05) is 28.1 Å². The highest BCUT2D eigenvalue weighted by atomic mass is 79.9. The van der Waals surface area contributed by atoms with Crippen LogP contribution in [0.3, 0.4) is 0 Å². The Balaban J connectivity index is 1.38. The van der Waals surface area contributed by atoms with Gasteiger partial charge in [-0.3, -0.25) is 9.59 Å². The highest BCUT2D eigenvalue weighted by Crippen LogP contribution is 2.17. The number of aromatic nitrogens is 2. The lowest BCUT2D eigenvalue weighted by molar-refractivity contribution is 0.0943. The number of amides is 2. The van der Waals surface area contributed by atoms with Crippen LogP contribution in [0.4, 0.5) is 0 Å². The maximum atomic E-state index is 12.7. The van der Waals surface area contributed by atoms with Crippen molar-refractivity contribution in [1.29, 1.82) is 0 Å². The Morgan fingerprint density at radius 2 is 1.78 bits per heavy atom. The first kappa shape index (κ1) is 21.6. The van der Waals surface area contributed by atoms with Gasteiger partial charge in [0, 0.05) is 16.6 Å². The van der Waals surface area contributed by atoms with E-state index in [0.717, 1.165) is 21.4 Å². The van der Waals surface area contributed by atoms with Gasteiger partial charge in [0.15, 0.2) is 0 Å². The standard InChI is InChI=1S/C24H21BrN4O3/c1-16-22(15-28-29(16)20-9-7-19(25)8-10-20)24(31)26-13-17-4-2-5-18(12-17)23(30)27-14-21-6-3-11-32-21/h2-12,15H,13-14H2,1H3,(H,26,31)(H,27,30). The molecule has 0 bridgehead atoms. The van der Waals surface area contributed by atoms with E-state index in [9.17, 15) is 9.59 Å². The molecule has 162 valence electrons. The van der Waals surface area contributed by atoms with Gasteiger partial charge in [0.1, 0.15) is 5.76 Å². The smallest absolute Gasteiger partial charge is 0.255 e. The third-order valence-electron chi connectivity index (χ3n) is 4.97. The van der Waals surface area contributed by atoms with Crippen molar-refractivity contribution < 1.29 is 14.0 Å². The lowest BCUT2D eigenvalue weighted by Gasteiger charge is -2.08. The fraction of sp³-hybridized carbons (Fsp3) is 0.125. The Bertz CT molecular complexity index is 1230. The molecule has 0 saturated carbocycles. The summed E-state index contributed by atoms with van der Waals surface area (Å²) in [6.07, 6.45) is 3.13. The molecule has 32 heavy (non-hydrogen) atoms. The molecule has 7 nitrogen and oxygen atoms in total. The average Bonchev–Trinajstić information content (AvgIpc) is 3.46. The minimum absolute atomic E-state index is 0.207. The zero-order chi connectivity index (χ0) is 22.5. The molecular formula is C24H21BrN4O3. The van der Waals surface area contributed by atoms with Crippen LogP contribution in [0.2, 0.25) is 0 Å². The van der Waals surface area contributed by atoms with E-state index in [0.29, 0.717) is 30.0 Å². The zero-order valence-electron chi connectivity index (χ0n) is 17.3. The Morgan fingerprint density at radius 3 is 2.53 bits per heavy atom. The van der Waals surface area contributed by atoms with E-state index >= 15 is 0 Å². The number of carbonyl (C=O) groups excluding carboxylic acids is 2. The molecule has 0 saturated heterocycles. The first-order valence-electron chi connectivity index (χ1n) is 9.99. The fourth-order valence-corrected chi connectivity index (χ4v) is 3.52.